The molecule has 1 saturated heterocycles. The number of ether oxygens (including phenoxy) is 1. The van der Waals surface area contributed by atoms with Gasteiger partial charge in [0.1, 0.15) is 23.8 Å². The number of imidazole rings is 1. The summed E-state index contributed by atoms with van der Waals surface area (Å²) in [5.74, 6) is 0.666. The second-order valence-electron chi connectivity index (χ2n) is 6.82. The van der Waals surface area contributed by atoms with E-state index in [1.54, 1.807) is 11.8 Å². The van der Waals surface area contributed by atoms with Crippen LogP contribution in [-0.2, 0) is 11.2 Å². The highest BCUT2D eigenvalue weighted by molar-refractivity contribution is 7.99. The number of rotatable bonds is 9. The molecule has 168 valence electrons. The number of hydrogen-bond donors (Lipinski definition) is 3. The highest BCUT2D eigenvalue weighted by atomic mass is 32.2. The Hall–Kier alpha value is -1.12. The molecule has 1 aliphatic rings. The molecule has 1 fully saturated rings. The second-order valence-corrected chi connectivity index (χ2v) is 8.86. The van der Waals surface area contributed by atoms with Gasteiger partial charge < -0.3 is 20.1 Å². The standard InChI is InChI=1S/C17H23F3N4O4S2/c1-29-5-2-3-9-11-14(23-16(22-9)30-6-4-17(18,19)20)24(8-21-11)15-13(27)12(26)10(7-25)28-15/h8,10,12-13,15,25-27H,2-7H2,1H3/t10-,12-,13-,15-/m1/s1. The number of alkyl halides is 3. The fourth-order valence-electron chi connectivity index (χ4n) is 3.13. The van der Waals surface area contributed by atoms with Gasteiger partial charge >= 0.3 is 6.18 Å². The van der Waals surface area contributed by atoms with Crippen LogP contribution in [0.2, 0.25) is 0 Å². The predicted molar refractivity (Wildman–Crippen MR) is 106 cm³/mol. The first-order chi connectivity index (χ1) is 14.2. The maximum atomic E-state index is 12.5. The first-order valence-corrected chi connectivity index (χ1v) is 11.7. The summed E-state index contributed by atoms with van der Waals surface area (Å²) in [5.41, 5.74) is 1.37. The van der Waals surface area contributed by atoms with Gasteiger partial charge in [-0.05, 0) is 24.9 Å². The number of aliphatic hydroxyl groups is 3. The van der Waals surface area contributed by atoms with Crippen molar-refractivity contribution in [2.75, 3.05) is 24.4 Å². The zero-order valence-corrected chi connectivity index (χ0v) is 17.8. The molecule has 3 N–H and O–H groups in total. The van der Waals surface area contributed by atoms with Crippen LogP contribution in [0.25, 0.3) is 11.2 Å². The van der Waals surface area contributed by atoms with Crippen molar-refractivity contribution >= 4 is 34.7 Å². The van der Waals surface area contributed by atoms with Crippen molar-refractivity contribution in [1.82, 2.24) is 19.5 Å². The van der Waals surface area contributed by atoms with Crippen LogP contribution in [0.5, 0.6) is 0 Å². The van der Waals surface area contributed by atoms with Crippen LogP contribution in [-0.4, -0.2) is 83.7 Å². The van der Waals surface area contributed by atoms with Crippen molar-refractivity contribution < 1.29 is 33.2 Å². The molecule has 0 bridgehead atoms. The third-order valence-corrected chi connectivity index (χ3v) is 6.19. The van der Waals surface area contributed by atoms with Crippen LogP contribution in [0.4, 0.5) is 13.2 Å². The Morgan fingerprint density at radius 1 is 1.20 bits per heavy atom. The monoisotopic (exact) mass is 468 g/mol. The highest BCUT2D eigenvalue weighted by Crippen LogP contribution is 2.33. The van der Waals surface area contributed by atoms with Crippen molar-refractivity contribution in [2.45, 2.75) is 55.1 Å². The predicted octanol–water partition coefficient (Wildman–Crippen LogP) is 1.78. The minimum absolute atomic E-state index is 0.180. The fourth-order valence-corrected chi connectivity index (χ4v) is 4.40. The fraction of sp³-hybridized carbons (Fsp3) is 0.706. The Morgan fingerprint density at radius 3 is 2.60 bits per heavy atom. The average molecular weight is 469 g/mol. The molecule has 4 atom stereocenters. The topological polar surface area (TPSA) is 114 Å². The summed E-state index contributed by atoms with van der Waals surface area (Å²) in [7, 11) is 0. The number of thioether (sulfide) groups is 2. The smallest absolute Gasteiger partial charge is 0.389 e. The molecule has 30 heavy (non-hydrogen) atoms. The normalized spacial score (nSPS) is 24.8. The molecule has 0 radical (unpaired) electrons. The summed E-state index contributed by atoms with van der Waals surface area (Å²) < 4.78 is 44.5. The van der Waals surface area contributed by atoms with Crippen LogP contribution in [0.15, 0.2) is 11.5 Å². The molecule has 2 aromatic rings. The molecule has 0 aliphatic carbocycles. The zero-order chi connectivity index (χ0) is 21.9. The van der Waals surface area contributed by atoms with E-state index in [2.05, 4.69) is 15.0 Å². The maximum absolute atomic E-state index is 12.5. The SMILES string of the molecule is CSCCCc1nc(SCCC(F)(F)F)nc2c1ncn2[C@@H]1O[C@H](CO)[C@@H](O)[C@H]1O. The summed E-state index contributed by atoms with van der Waals surface area (Å²) >= 11 is 2.57. The van der Waals surface area contributed by atoms with Gasteiger partial charge in [-0.15, -0.1) is 0 Å². The lowest BCUT2D eigenvalue weighted by molar-refractivity contribution is -0.129. The summed E-state index contributed by atoms with van der Waals surface area (Å²) in [6.45, 7) is -0.477. The summed E-state index contributed by atoms with van der Waals surface area (Å²) in [6, 6.07) is 0. The largest absolute Gasteiger partial charge is 0.394 e. The first kappa shape index (κ1) is 23.5. The van der Waals surface area contributed by atoms with Gasteiger partial charge in [-0.2, -0.15) is 24.9 Å². The lowest BCUT2D eigenvalue weighted by atomic mass is 10.1. The number of nitrogens with zero attached hydrogens (tertiary/aromatic N) is 4. The van der Waals surface area contributed by atoms with Gasteiger partial charge in [-0.25, -0.2) is 15.0 Å². The van der Waals surface area contributed by atoms with Crippen LogP contribution in [0.3, 0.4) is 0 Å². The molecule has 0 spiro atoms. The van der Waals surface area contributed by atoms with Crippen molar-refractivity contribution in [3.63, 3.8) is 0 Å². The molecule has 13 heteroatoms. The zero-order valence-electron chi connectivity index (χ0n) is 16.1. The second kappa shape index (κ2) is 10.0. The quantitative estimate of drug-likeness (QED) is 0.288. The Kier molecular flexibility index (Phi) is 7.85. The highest BCUT2D eigenvalue weighted by Gasteiger charge is 2.44. The lowest BCUT2D eigenvalue weighted by Gasteiger charge is -2.17. The van der Waals surface area contributed by atoms with Gasteiger partial charge in [0.05, 0.1) is 25.0 Å². The molecule has 3 heterocycles. The van der Waals surface area contributed by atoms with E-state index in [0.717, 1.165) is 23.9 Å². The number of aromatic nitrogens is 4. The van der Waals surface area contributed by atoms with E-state index in [1.807, 2.05) is 6.26 Å². The van der Waals surface area contributed by atoms with Crippen molar-refractivity contribution in [2.24, 2.45) is 0 Å². The first-order valence-electron chi connectivity index (χ1n) is 9.29. The van der Waals surface area contributed by atoms with Crippen LogP contribution < -0.4 is 0 Å². The van der Waals surface area contributed by atoms with Crippen LogP contribution in [0.1, 0.15) is 24.8 Å². The number of aliphatic hydroxyl groups excluding tert-OH is 3. The Labute approximate surface area is 179 Å². The maximum Gasteiger partial charge on any atom is 0.389 e. The van der Waals surface area contributed by atoms with Gasteiger partial charge in [0.15, 0.2) is 17.0 Å². The van der Waals surface area contributed by atoms with E-state index in [9.17, 15) is 28.5 Å². The van der Waals surface area contributed by atoms with E-state index >= 15 is 0 Å². The van der Waals surface area contributed by atoms with Crippen LogP contribution in [0, 0.1) is 0 Å². The van der Waals surface area contributed by atoms with Crippen molar-refractivity contribution in [1.29, 1.82) is 0 Å². The molecule has 0 aromatic carbocycles. The van der Waals surface area contributed by atoms with E-state index < -0.39 is 43.7 Å². The summed E-state index contributed by atoms with van der Waals surface area (Å²) in [4.78, 5) is 13.1. The average Bonchev–Trinajstić information content (AvgIpc) is 3.22. The van der Waals surface area contributed by atoms with Gasteiger partial charge in [0, 0.05) is 5.75 Å². The Bertz CT molecular complexity index is 854. The van der Waals surface area contributed by atoms with Gasteiger partial charge in [0.2, 0.25) is 0 Å². The number of aryl methyl sites for hydroxylation is 1. The van der Waals surface area contributed by atoms with E-state index in [4.69, 9.17) is 4.74 Å². The Morgan fingerprint density at radius 2 is 1.97 bits per heavy atom. The molecule has 2 aromatic heterocycles. The minimum Gasteiger partial charge on any atom is -0.394 e. The van der Waals surface area contributed by atoms with Gasteiger partial charge in [-0.3, -0.25) is 4.57 Å². The van der Waals surface area contributed by atoms with Crippen molar-refractivity contribution in [3.05, 3.63) is 12.0 Å². The number of halogens is 3. The molecule has 1 aliphatic heterocycles. The van der Waals surface area contributed by atoms with E-state index in [1.165, 1.54) is 10.9 Å². The van der Waals surface area contributed by atoms with Crippen molar-refractivity contribution in [3.8, 4) is 0 Å². The Balaban J connectivity index is 1.93. The van der Waals surface area contributed by atoms with Crippen LogP contribution >= 0.6 is 23.5 Å². The third kappa shape index (κ3) is 5.37. The molecule has 8 nitrogen and oxygen atoms in total. The third-order valence-electron chi connectivity index (χ3n) is 4.64. The molecule has 0 unspecified atom stereocenters. The van der Waals surface area contributed by atoms with Gasteiger partial charge in [0.25, 0.3) is 0 Å². The molecule has 0 amide bonds. The van der Waals surface area contributed by atoms with Gasteiger partial charge in [-0.1, -0.05) is 11.8 Å². The molecule has 0 saturated carbocycles. The minimum atomic E-state index is -4.27. The molecular weight excluding hydrogens is 445 g/mol. The summed E-state index contributed by atoms with van der Waals surface area (Å²) in [5, 5.41) is 29.8. The number of fused-ring (bicyclic) bond motifs is 1. The molecular formula is C17H23F3N4O4S2. The lowest BCUT2D eigenvalue weighted by Crippen LogP contribution is -2.33. The van der Waals surface area contributed by atoms with E-state index in [-0.39, 0.29) is 10.9 Å². The van der Waals surface area contributed by atoms with E-state index in [0.29, 0.717) is 23.3 Å². The number of hydrogen-bond acceptors (Lipinski definition) is 9. The molecule has 3 rings (SSSR count). The summed E-state index contributed by atoms with van der Waals surface area (Å²) in [6.07, 6.45) is -5.11.